The molecule has 4 heteroatoms. The highest BCUT2D eigenvalue weighted by molar-refractivity contribution is 8.01. The van der Waals surface area contributed by atoms with Gasteiger partial charge < -0.3 is 10.2 Å². The fourth-order valence-corrected chi connectivity index (χ4v) is 3.31. The summed E-state index contributed by atoms with van der Waals surface area (Å²) < 4.78 is 1.21. The van der Waals surface area contributed by atoms with Gasteiger partial charge in [0.25, 0.3) is 0 Å². The Morgan fingerprint density at radius 3 is 2.77 bits per heavy atom. The molecule has 0 radical (unpaired) electrons. The van der Waals surface area contributed by atoms with Gasteiger partial charge in [0.05, 0.1) is 10.8 Å². The lowest BCUT2D eigenvalue weighted by atomic mass is 10.3. The molecule has 74 valence electrons. The summed E-state index contributed by atoms with van der Waals surface area (Å²) in [5.41, 5.74) is 0. The van der Waals surface area contributed by atoms with E-state index in [-0.39, 0.29) is 13.2 Å². The first-order chi connectivity index (χ1) is 6.26. The van der Waals surface area contributed by atoms with E-state index in [1.807, 2.05) is 12.1 Å². The smallest absolute Gasteiger partial charge is 0.0774 e. The minimum atomic E-state index is 0.125. The van der Waals surface area contributed by atoms with Crippen LogP contribution in [-0.2, 0) is 6.61 Å². The average molecular weight is 218 g/mol. The van der Waals surface area contributed by atoms with Crippen molar-refractivity contribution in [3.63, 3.8) is 0 Å². The summed E-state index contributed by atoms with van der Waals surface area (Å²) in [5, 5.41) is 18.0. The van der Waals surface area contributed by atoms with Crippen molar-refractivity contribution in [3.05, 3.63) is 17.0 Å². The number of aliphatic hydroxyl groups excluding tert-OH is 2. The minimum absolute atomic E-state index is 0.125. The number of aliphatic hydroxyl groups is 2. The van der Waals surface area contributed by atoms with Crippen LogP contribution in [0.4, 0.5) is 0 Å². The van der Waals surface area contributed by atoms with E-state index < -0.39 is 0 Å². The zero-order valence-corrected chi connectivity index (χ0v) is 9.20. The van der Waals surface area contributed by atoms with Crippen LogP contribution in [0.15, 0.2) is 16.3 Å². The molecule has 1 aromatic rings. The number of hydrogen-bond donors (Lipinski definition) is 2. The van der Waals surface area contributed by atoms with Gasteiger partial charge in [0.15, 0.2) is 0 Å². The van der Waals surface area contributed by atoms with Gasteiger partial charge in [-0.25, -0.2) is 0 Å². The van der Waals surface area contributed by atoms with Gasteiger partial charge in [-0.05, 0) is 18.6 Å². The lowest BCUT2D eigenvalue weighted by Crippen LogP contribution is -1.97. The van der Waals surface area contributed by atoms with E-state index in [1.165, 1.54) is 4.21 Å². The second-order valence-corrected chi connectivity index (χ2v) is 5.73. The van der Waals surface area contributed by atoms with E-state index in [0.29, 0.717) is 5.25 Å². The molecule has 0 amide bonds. The molecule has 0 aliphatic heterocycles. The summed E-state index contributed by atoms with van der Waals surface area (Å²) >= 11 is 3.37. The van der Waals surface area contributed by atoms with Gasteiger partial charge in [-0.1, -0.05) is 6.92 Å². The van der Waals surface area contributed by atoms with Crippen LogP contribution < -0.4 is 0 Å². The van der Waals surface area contributed by atoms with Crippen LogP contribution in [0.3, 0.4) is 0 Å². The Morgan fingerprint density at radius 1 is 1.46 bits per heavy atom. The Morgan fingerprint density at radius 2 is 2.23 bits per heavy atom. The monoisotopic (exact) mass is 218 g/mol. The Bertz CT molecular complexity index is 248. The number of rotatable bonds is 5. The van der Waals surface area contributed by atoms with E-state index in [2.05, 4.69) is 6.92 Å². The lowest BCUT2D eigenvalue weighted by molar-refractivity contribution is 0.285. The quantitative estimate of drug-likeness (QED) is 0.744. The molecule has 1 heterocycles. The fraction of sp³-hybridized carbons (Fsp3) is 0.556. The first-order valence-electron chi connectivity index (χ1n) is 4.23. The van der Waals surface area contributed by atoms with Crippen LogP contribution in [0, 0.1) is 0 Å². The Kier molecular flexibility index (Phi) is 4.80. The zero-order valence-electron chi connectivity index (χ0n) is 7.56. The third-order valence-corrected chi connectivity index (χ3v) is 4.06. The van der Waals surface area contributed by atoms with E-state index in [1.54, 1.807) is 23.1 Å². The largest absolute Gasteiger partial charge is 0.396 e. The van der Waals surface area contributed by atoms with Crippen molar-refractivity contribution in [3.8, 4) is 0 Å². The van der Waals surface area contributed by atoms with Crippen molar-refractivity contribution in [1.82, 2.24) is 0 Å². The molecule has 0 saturated carbocycles. The molecule has 0 aliphatic carbocycles. The Labute approximate surface area is 86.6 Å². The summed E-state index contributed by atoms with van der Waals surface area (Å²) in [7, 11) is 0. The molecule has 0 fully saturated rings. The van der Waals surface area contributed by atoms with Crippen molar-refractivity contribution in [2.45, 2.75) is 29.4 Å². The highest BCUT2D eigenvalue weighted by atomic mass is 32.2. The summed E-state index contributed by atoms with van der Waals surface area (Å²) in [5.74, 6) is 0. The SMILES string of the molecule is CC(CCO)Sc1ccc(CO)s1. The van der Waals surface area contributed by atoms with Crippen molar-refractivity contribution >= 4 is 23.1 Å². The molecule has 0 bridgehead atoms. The predicted octanol–water partition coefficient (Wildman–Crippen LogP) is 2.10. The van der Waals surface area contributed by atoms with Gasteiger partial charge in [-0.2, -0.15) is 0 Å². The molecule has 0 aliphatic rings. The van der Waals surface area contributed by atoms with Crippen molar-refractivity contribution in [1.29, 1.82) is 0 Å². The van der Waals surface area contributed by atoms with Gasteiger partial charge in [-0.15, -0.1) is 23.1 Å². The van der Waals surface area contributed by atoms with Gasteiger partial charge in [-0.3, -0.25) is 0 Å². The third kappa shape index (κ3) is 3.68. The number of thiophene rings is 1. The molecule has 1 unspecified atom stereocenters. The van der Waals surface area contributed by atoms with Crippen LogP contribution in [0.2, 0.25) is 0 Å². The molecule has 1 rings (SSSR count). The van der Waals surface area contributed by atoms with Gasteiger partial charge in [0.1, 0.15) is 0 Å². The maximum Gasteiger partial charge on any atom is 0.0774 e. The maximum atomic E-state index is 8.85. The second kappa shape index (κ2) is 5.65. The molecule has 1 atom stereocenters. The summed E-state index contributed by atoms with van der Waals surface area (Å²) in [6, 6.07) is 3.97. The van der Waals surface area contributed by atoms with E-state index in [4.69, 9.17) is 10.2 Å². The first-order valence-corrected chi connectivity index (χ1v) is 5.93. The molecular formula is C9H14O2S2. The van der Waals surface area contributed by atoms with E-state index in [9.17, 15) is 0 Å². The molecule has 0 saturated heterocycles. The van der Waals surface area contributed by atoms with Crippen molar-refractivity contribution in [2.24, 2.45) is 0 Å². The predicted molar refractivity (Wildman–Crippen MR) is 57.3 cm³/mol. The summed E-state index contributed by atoms with van der Waals surface area (Å²) in [4.78, 5) is 0.999. The molecule has 0 spiro atoms. The van der Waals surface area contributed by atoms with Crippen LogP contribution in [0.5, 0.6) is 0 Å². The molecule has 2 N–H and O–H groups in total. The maximum absolute atomic E-state index is 8.85. The molecular weight excluding hydrogens is 204 g/mol. The van der Waals surface area contributed by atoms with Crippen molar-refractivity contribution in [2.75, 3.05) is 6.61 Å². The number of hydrogen-bond acceptors (Lipinski definition) is 4. The molecule has 13 heavy (non-hydrogen) atoms. The highest BCUT2D eigenvalue weighted by Gasteiger charge is 2.05. The van der Waals surface area contributed by atoms with Gasteiger partial charge >= 0.3 is 0 Å². The Hall–Kier alpha value is -0.0300. The molecule has 2 nitrogen and oxygen atoms in total. The highest BCUT2D eigenvalue weighted by Crippen LogP contribution is 2.31. The van der Waals surface area contributed by atoms with Crippen molar-refractivity contribution < 1.29 is 10.2 Å². The third-order valence-electron chi connectivity index (χ3n) is 1.65. The standard InChI is InChI=1S/C9H14O2S2/c1-7(4-5-10)12-9-3-2-8(6-11)13-9/h2-3,7,10-11H,4-6H2,1H3. The van der Waals surface area contributed by atoms with Gasteiger partial charge in [0, 0.05) is 16.7 Å². The Balaban J connectivity index is 2.44. The summed E-state index contributed by atoms with van der Waals surface area (Å²) in [6.45, 7) is 2.46. The van der Waals surface area contributed by atoms with E-state index >= 15 is 0 Å². The van der Waals surface area contributed by atoms with E-state index in [0.717, 1.165) is 11.3 Å². The van der Waals surface area contributed by atoms with Crippen LogP contribution in [0.25, 0.3) is 0 Å². The molecule has 0 aromatic carbocycles. The fourth-order valence-electron chi connectivity index (χ4n) is 0.946. The molecule has 1 aromatic heterocycles. The summed E-state index contributed by atoms with van der Waals surface area (Å²) in [6.07, 6.45) is 0.816. The average Bonchev–Trinajstić information content (AvgIpc) is 2.52. The van der Waals surface area contributed by atoms with Crippen LogP contribution in [0.1, 0.15) is 18.2 Å². The second-order valence-electron chi connectivity index (χ2n) is 2.82. The van der Waals surface area contributed by atoms with Crippen LogP contribution >= 0.6 is 23.1 Å². The zero-order chi connectivity index (χ0) is 9.68. The first kappa shape index (κ1) is 11.0. The topological polar surface area (TPSA) is 40.5 Å². The van der Waals surface area contributed by atoms with Crippen LogP contribution in [-0.4, -0.2) is 22.1 Å². The van der Waals surface area contributed by atoms with Gasteiger partial charge in [0.2, 0.25) is 0 Å². The normalized spacial score (nSPS) is 13.2. The number of thioether (sulfide) groups is 1. The lowest BCUT2D eigenvalue weighted by Gasteiger charge is -2.06. The minimum Gasteiger partial charge on any atom is -0.396 e.